The molecule has 0 unspecified atom stereocenters. The van der Waals surface area contributed by atoms with Crippen LogP contribution in [0.1, 0.15) is 13.8 Å². The van der Waals surface area contributed by atoms with Crippen LogP contribution in [-0.4, -0.2) is 25.5 Å². The van der Waals surface area contributed by atoms with Crippen LogP contribution >= 0.6 is 0 Å². The largest absolute Gasteiger partial charge is 0.385 e. The molecule has 88 valence electrons. The second-order valence-electron chi connectivity index (χ2n) is 3.52. The van der Waals surface area contributed by atoms with Crippen LogP contribution in [0.25, 0.3) is 0 Å². The fraction of sp³-hybridized carbons (Fsp3) is 0.417. The zero-order chi connectivity index (χ0) is 11.8. The third kappa shape index (κ3) is 4.68. The van der Waals surface area contributed by atoms with Gasteiger partial charge in [0.1, 0.15) is 0 Å². The molecule has 0 aliphatic carbocycles. The Morgan fingerprint density at radius 3 is 2.12 bits per heavy atom. The van der Waals surface area contributed by atoms with Crippen LogP contribution in [0, 0.1) is 0 Å². The molecule has 3 N–H and O–H groups in total. The summed E-state index contributed by atoms with van der Waals surface area (Å²) in [4.78, 5) is 10.6. The Labute approximate surface area is 96.4 Å². The van der Waals surface area contributed by atoms with E-state index >= 15 is 0 Å². The van der Waals surface area contributed by atoms with Crippen molar-refractivity contribution in [2.45, 2.75) is 13.8 Å². The van der Waals surface area contributed by atoms with Gasteiger partial charge in [0, 0.05) is 37.9 Å². The zero-order valence-corrected chi connectivity index (χ0v) is 9.84. The van der Waals surface area contributed by atoms with Gasteiger partial charge in [-0.25, -0.2) is 0 Å². The van der Waals surface area contributed by atoms with Gasteiger partial charge in [0.25, 0.3) is 0 Å². The first kappa shape index (κ1) is 12.4. The minimum Gasteiger partial charge on any atom is -0.385 e. The van der Waals surface area contributed by atoms with E-state index < -0.39 is 0 Å². The van der Waals surface area contributed by atoms with E-state index in [2.05, 4.69) is 22.9 Å². The lowest BCUT2D eigenvalue weighted by atomic mass is 10.3. The number of nitrogens with one attached hydrogen (secondary N) is 3. The standard InChI is InChI=1S/C12H19N3O/c1-3-13-11-4-6-12(7-5-11)15-9-8-14-10(2)16/h4-7,13,15H,3,8-9H2,1-2H3,(H,14,16). The van der Waals surface area contributed by atoms with Crippen LogP contribution in [0.3, 0.4) is 0 Å². The van der Waals surface area contributed by atoms with Gasteiger partial charge in [-0.15, -0.1) is 0 Å². The number of carbonyl (C=O) groups is 1. The number of amides is 1. The highest BCUT2D eigenvalue weighted by molar-refractivity contribution is 5.72. The van der Waals surface area contributed by atoms with E-state index in [-0.39, 0.29) is 5.91 Å². The Morgan fingerprint density at radius 2 is 1.62 bits per heavy atom. The van der Waals surface area contributed by atoms with E-state index in [0.29, 0.717) is 6.54 Å². The molecule has 0 fully saturated rings. The van der Waals surface area contributed by atoms with Crippen LogP contribution in [0.5, 0.6) is 0 Å². The summed E-state index contributed by atoms with van der Waals surface area (Å²) < 4.78 is 0. The number of rotatable bonds is 6. The van der Waals surface area contributed by atoms with Crippen molar-refractivity contribution in [3.8, 4) is 0 Å². The highest BCUT2D eigenvalue weighted by atomic mass is 16.1. The summed E-state index contributed by atoms with van der Waals surface area (Å²) >= 11 is 0. The molecule has 1 rings (SSSR count). The first-order valence-corrected chi connectivity index (χ1v) is 5.54. The summed E-state index contributed by atoms with van der Waals surface area (Å²) in [5.74, 6) is 0.00398. The third-order valence-electron chi connectivity index (χ3n) is 2.09. The van der Waals surface area contributed by atoms with E-state index in [1.54, 1.807) is 0 Å². The maximum Gasteiger partial charge on any atom is 0.216 e. The molecule has 4 heteroatoms. The quantitative estimate of drug-likeness (QED) is 0.640. The summed E-state index contributed by atoms with van der Waals surface area (Å²) in [5.41, 5.74) is 2.18. The highest BCUT2D eigenvalue weighted by Crippen LogP contribution is 2.12. The Bertz CT molecular complexity index is 322. The first-order valence-electron chi connectivity index (χ1n) is 5.54. The van der Waals surface area contributed by atoms with Crippen LogP contribution in [0.4, 0.5) is 11.4 Å². The molecule has 1 amide bonds. The molecule has 0 spiro atoms. The maximum atomic E-state index is 10.6. The highest BCUT2D eigenvalue weighted by Gasteiger charge is 1.93. The number of carbonyl (C=O) groups excluding carboxylic acids is 1. The third-order valence-corrected chi connectivity index (χ3v) is 2.09. The van der Waals surface area contributed by atoms with E-state index in [1.807, 2.05) is 24.3 Å². The van der Waals surface area contributed by atoms with Crippen molar-refractivity contribution in [1.29, 1.82) is 0 Å². The molecule has 0 aliphatic heterocycles. The summed E-state index contributed by atoms with van der Waals surface area (Å²) in [6.45, 7) is 5.89. The van der Waals surface area contributed by atoms with Crippen LogP contribution in [0.2, 0.25) is 0 Å². The van der Waals surface area contributed by atoms with Crippen molar-refractivity contribution >= 4 is 17.3 Å². The van der Waals surface area contributed by atoms with Gasteiger partial charge in [-0.3, -0.25) is 4.79 Å². The fourth-order valence-corrected chi connectivity index (χ4v) is 1.36. The molecule has 16 heavy (non-hydrogen) atoms. The van der Waals surface area contributed by atoms with Gasteiger partial charge in [-0.05, 0) is 31.2 Å². The first-order chi connectivity index (χ1) is 7.72. The minimum atomic E-state index is 0.00398. The van der Waals surface area contributed by atoms with E-state index in [9.17, 15) is 4.79 Å². The van der Waals surface area contributed by atoms with Crippen LogP contribution in [0.15, 0.2) is 24.3 Å². The van der Waals surface area contributed by atoms with Gasteiger partial charge < -0.3 is 16.0 Å². The van der Waals surface area contributed by atoms with Crippen molar-refractivity contribution in [2.75, 3.05) is 30.3 Å². The normalized spacial score (nSPS) is 9.62. The molecule has 0 bridgehead atoms. The molecule has 0 radical (unpaired) electrons. The van der Waals surface area contributed by atoms with Crippen molar-refractivity contribution in [2.24, 2.45) is 0 Å². The lowest BCUT2D eigenvalue weighted by Gasteiger charge is -2.08. The summed E-state index contributed by atoms with van der Waals surface area (Å²) in [5, 5.41) is 9.19. The van der Waals surface area contributed by atoms with Crippen molar-refractivity contribution < 1.29 is 4.79 Å². The SMILES string of the molecule is CCNc1ccc(NCCNC(C)=O)cc1. The fourth-order valence-electron chi connectivity index (χ4n) is 1.36. The lowest BCUT2D eigenvalue weighted by molar-refractivity contribution is -0.118. The summed E-state index contributed by atoms with van der Waals surface area (Å²) in [6, 6.07) is 8.10. The van der Waals surface area contributed by atoms with Crippen LogP contribution in [-0.2, 0) is 4.79 Å². The zero-order valence-electron chi connectivity index (χ0n) is 9.84. The average molecular weight is 221 g/mol. The van der Waals surface area contributed by atoms with Gasteiger partial charge >= 0.3 is 0 Å². The molecule has 1 aromatic rings. The molecule has 0 heterocycles. The van der Waals surface area contributed by atoms with Gasteiger partial charge in [0.15, 0.2) is 0 Å². The van der Waals surface area contributed by atoms with Crippen molar-refractivity contribution in [1.82, 2.24) is 5.32 Å². The molecule has 1 aromatic carbocycles. The van der Waals surface area contributed by atoms with Crippen molar-refractivity contribution in [3.63, 3.8) is 0 Å². The predicted octanol–water partition coefficient (Wildman–Crippen LogP) is 1.67. The predicted molar refractivity (Wildman–Crippen MR) is 67.8 cm³/mol. The summed E-state index contributed by atoms with van der Waals surface area (Å²) in [7, 11) is 0. The van der Waals surface area contributed by atoms with E-state index in [4.69, 9.17) is 0 Å². The number of hydrogen-bond donors (Lipinski definition) is 3. The summed E-state index contributed by atoms with van der Waals surface area (Å²) in [6.07, 6.45) is 0. The molecule has 0 aliphatic rings. The van der Waals surface area contributed by atoms with Gasteiger partial charge in [0.2, 0.25) is 5.91 Å². The Morgan fingerprint density at radius 1 is 1.06 bits per heavy atom. The molecule has 0 atom stereocenters. The van der Waals surface area contributed by atoms with Gasteiger partial charge in [-0.1, -0.05) is 0 Å². The maximum absolute atomic E-state index is 10.6. The molecular formula is C12H19N3O. The monoisotopic (exact) mass is 221 g/mol. The second-order valence-corrected chi connectivity index (χ2v) is 3.52. The smallest absolute Gasteiger partial charge is 0.216 e. The lowest BCUT2D eigenvalue weighted by Crippen LogP contribution is -2.26. The average Bonchev–Trinajstić information content (AvgIpc) is 2.27. The second kappa shape index (κ2) is 6.71. The van der Waals surface area contributed by atoms with Gasteiger partial charge in [-0.2, -0.15) is 0 Å². The Hall–Kier alpha value is -1.71. The molecule has 4 nitrogen and oxygen atoms in total. The van der Waals surface area contributed by atoms with Crippen LogP contribution < -0.4 is 16.0 Å². The van der Waals surface area contributed by atoms with E-state index in [0.717, 1.165) is 24.5 Å². The van der Waals surface area contributed by atoms with Gasteiger partial charge in [0.05, 0.1) is 0 Å². The topological polar surface area (TPSA) is 53.2 Å². The van der Waals surface area contributed by atoms with E-state index in [1.165, 1.54) is 6.92 Å². The number of anilines is 2. The Kier molecular flexibility index (Phi) is 5.19. The molecular weight excluding hydrogens is 202 g/mol. The Balaban J connectivity index is 2.29. The molecule has 0 saturated carbocycles. The number of hydrogen-bond acceptors (Lipinski definition) is 3. The number of benzene rings is 1. The minimum absolute atomic E-state index is 0.00398. The molecule has 0 aromatic heterocycles. The molecule has 0 saturated heterocycles. The van der Waals surface area contributed by atoms with Crippen molar-refractivity contribution in [3.05, 3.63) is 24.3 Å².